The van der Waals surface area contributed by atoms with E-state index in [1.54, 1.807) is 0 Å². The summed E-state index contributed by atoms with van der Waals surface area (Å²) in [6.45, 7) is 3.69. The van der Waals surface area contributed by atoms with E-state index >= 15 is 0 Å². The maximum Gasteiger partial charge on any atom is 0.143 e. The first kappa shape index (κ1) is 22.2. The molecular formula is C27H29Cl2NO. The summed E-state index contributed by atoms with van der Waals surface area (Å²) in [6, 6.07) is 29.2. The average molecular weight is 454 g/mol. The maximum atomic E-state index is 7.28. The Balaban J connectivity index is 1.82. The van der Waals surface area contributed by atoms with Crippen LogP contribution in [0.5, 0.6) is 5.75 Å². The standard InChI is InChI=1S/C27H29Cl2NO/c1-4-25(21-11-7-5-8-12-21)26(27(25,28)29,22-13-9-6-10-14-22)23-15-17-24(18-16-23)31-20-19-30(2)3/h5-18H,4,19-20H2,1-3H3. The van der Waals surface area contributed by atoms with Crippen LogP contribution in [0.2, 0.25) is 0 Å². The summed E-state index contributed by atoms with van der Waals surface area (Å²) >= 11 is 14.6. The number of halogens is 2. The van der Waals surface area contributed by atoms with E-state index in [2.05, 4.69) is 72.5 Å². The first-order chi connectivity index (χ1) is 14.9. The van der Waals surface area contributed by atoms with Crippen molar-refractivity contribution in [2.24, 2.45) is 0 Å². The molecule has 3 aromatic rings. The Labute approximate surface area is 195 Å². The fraction of sp³-hybridized carbons (Fsp3) is 0.333. The molecule has 1 aliphatic carbocycles. The van der Waals surface area contributed by atoms with Crippen LogP contribution in [0.3, 0.4) is 0 Å². The third kappa shape index (κ3) is 3.28. The van der Waals surface area contributed by atoms with Crippen molar-refractivity contribution < 1.29 is 4.74 Å². The Kier molecular flexibility index (Phi) is 6.09. The molecule has 1 saturated carbocycles. The Morgan fingerprint density at radius 3 is 1.77 bits per heavy atom. The Bertz CT molecular complexity index is 1000. The van der Waals surface area contributed by atoms with E-state index in [-0.39, 0.29) is 0 Å². The number of hydrogen-bond donors (Lipinski definition) is 0. The number of nitrogens with zero attached hydrogens (tertiary/aromatic N) is 1. The lowest BCUT2D eigenvalue weighted by Gasteiger charge is -2.26. The normalized spacial score (nSPS) is 24.2. The molecule has 0 radical (unpaired) electrons. The molecule has 1 fully saturated rings. The molecule has 0 N–H and O–H groups in total. The van der Waals surface area contributed by atoms with Gasteiger partial charge in [0, 0.05) is 12.0 Å². The van der Waals surface area contributed by atoms with Gasteiger partial charge in [0.15, 0.2) is 0 Å². The molecule has 0 aromatic heterocycles. The van der Waals surface area contributed by atoms with Crippen LogP contribution in [-0.4, -0.2) is 36.5 Å². The number of alkyl halides is 2. The van der Waals surface area contributed by atoms with Crippen LogP contribution in [0.1, 0.15) is 30.0 Å². The molecule has 0 amide bonds. The van der Waals surface area contributed by atoms with Crippen LogP contribution in [0.15, 0.2) is 84.9 Å². The van der Waals surface area contributed by atoms with Crippen molar-refractivity contribution >= 4 is 23.2 Å². The van der Waals surface area contributed by atoms with E-state index in [0.29, 0.717) is 6.61 Å². The quantitative estimate of drug-likeness (QED) is 0.363. The number of benzene rings is 3. The van der Waals surface area contributed by atoms with Crippen LogP contribution >= 0.6 is 23.2 Å². The van der Waals surface area contributed by atoms with Gasteiger partial charge in [0.25, 0.3) is 0 Å². The van der Waals surface area contributed by atoms with Gasteiger partial charge in [-0.1, -0.05) is 103 Å². The SMILES string of the molecule is CCC1(c2ccccc2)C(Cl)(Cl)C1(c1ccccc1)c1ccc(OCCN(C)C)cc1. The molecule has 0 heterocycles. The second-order valence-corrected chi connectivity index (χ2v) is 9.82. The zero-order valence-corrected chi connectivity index (χ0v) is 19.8. The number of rotatable bonds is 8. The molecule has 4 heteroatoms. The van der Waals surface area contributed by atoms with Crippen molar-refractivity contribution in [1.29, 1.82) is 0 Å². The van der Waals surface area contributed by atoms with E-state index < -0.39 is 15.2 Å². The molecule has 4 rings (SSSR count). The second-order valence-electron chi connectivity index (χ2n) is 8.49. The van der Waals surface area contributed by atoms with Gasteiger partial charge < -0.3 is 9.64 Å². The topological polar surface area (TPSA) is 12.5 Å². The third-order valence-electron chi connectivity index (χ3n) is 6.68. The monoisotopic (exact) mass is 453 g/mol. The summed E-state index contributed by atoms with van der Waals surface area (Å²) in [6.07, 6.45) is 0.819. The minimum absolute atomic E-state index is 0.432. The van der Waals surface area contributed by atoms with Gasteiger partial charge >= 0.3 is 0 Å². The van der Waals surface area contributed by atoms with Crippen molar-refractivity contribution in [3.8, 4) is 5.75 Å². The first-order valence-corrected chi connectivity index (χ1v) is 11.5. The number of ether oxygens (including phenoxy) is 1. The van der Waals surface area contributed by atoms with Crippen LogP contribution in [-0.2, 0) is 10.8 Å². The van der Waals surface area contributed by atoms with E-state index in [0.717, 1.165) is 35.4 Å². The minimum atomic E-state index is -0.981. The Hall–Kier alpha value is -2.00. The number of hydrogen-bond acceptors (Lipinski definition) is 2. The lowest BCUT2D eigenvalue weighted by molar-refractivity contribution is 0.261. The first-order valence-electron chi connectivity index (χ1n) is 10.8. The predicted octanol–water partition coefficient (Wildman–Crippen LogP) is 6.45. The second kappa shape index (κ2) is 8.50. The van der Waals surface area contributed by atoms with Crippen molar-refractivity contribution in [3.05, 3.63) is 102 Å². The highest BCUT2D eigenvalue weighted by Crippen LogP contribution is 2.81. The van der Waals surface area contributed by atoms with Crippen molar-refractivity contribution in [1.82, 2.24) is 4.90 Å². The highest BCUT2D eigenvalue weighted by atomic mass is 35.5. The van der Waals surface area contributed by atoms with Gasteiger partial charge in [0.05, 0.1) is 5.41 Å². The van der Waals surface area contributed by atoms with Crippen LogP contribution < -0.4 is 4.74 Å². The van der Waals surface area contributed by atoms with Crippen molar-refractivity contribution in [3.63, 3.8) is 0 Å². The van der Waals surface area contributed by atoms with Crippen LogP contribution in [0.25, 0.3) is 0 Å². The summed E-state index contributed by atoms with van der Waals surface area (Å²) < 4.78 is 4.94. The molecule has 2 unspecified atom stereocenters. The summed E-state index contributed by atoms with van der Waals surface area (Å²) in [7, 11) is 4.08. The van der Waals surface area contributed by atoms with E-state index in [1.807, 2.05) is 38.4 Å². The Morgan fingerprint density at radius 1 is 0.742 bits per heavy atom. The summed E-state index contributed by atoms with van der Waals surface area (Å²) in [5, 5.41) is 0. The molecular weight excluding hydrogens is 425 g/mol. The van der Waals surface area contributed by atoms with E-state index in [1.165, 1.54) is 0 Å². The number of likely N-dealkylation sites (N-methyl/N-ethyl adjacent to an activating group) is 1. The fourth-order valence-electron chi connectivity index (χ4n) is 5.21. The maximum absolute atomic E-state index is 7.28. The van der Waals surface area contributed by atoms with Crippen LogP contribution in [0, 0.1) is 0 Å². The van der Waals surface area contributed by atoms with Gasteiger partial charge in [-0.2, -0.15) is 0 Å². The van der Waals surface area contributed by atoms with Crippen molar-refractivity contribution in [2.75, 3.05) is 27.2 Å². The van der Waals surface area contributed by atoms with Crippen molar-refractivity contribution in [2.45, 2.75) is 28.5 Å². The minimum Gasteiger partial charge on any atom is -0.492 e. The van der Waals surface area contributed by atoms with Gasteiger partial charge in [-0.15, -0.1) is 0 Å². The molecule has 0 bridgehead atoms. The summed E-state index contributed by atoms with van der Waals surface area (Å²) in [4.78, 5) is 2.10. The van der Waals surface area contributed by atoms with E-state index in [4.69, 9.17) is 27.9 Å². The molecule has 3 aromatic carbocycles. The van der Waals surface area contributed by atoms with Gasteiger partial charge in [0.1, 0.15) is 16.7 Å². The lowest BCUT2D eigenvalue weighted by atomic mass is 9.76. The highest BCUT2D eigenvalue weighted by molar-refractivity contribution is 6.54. The lowest BCUT2D eigenvalue weighted by Crippen LogP contribution is -2.23. The molecule has 1 aliphatic rings. The smallest absolute Gasteiger partial charge is 0.143 e. The largest absolute Gasteiger partial charge is 0.492 e. The average Bonchev–Trinajstić information content (AvgIpc) is 3.26. The predicted molar refractivity (Wildman–Crippen MR) is 131 cm³/mol. The molecule has 0 saturated heterocycles. The molecule has 0 spiro atoms. The van der Waals surface area contributed by atoms with E-state index in [9.17, 15) is 0 Å². The zero-order valence-electron chi connectivity index (χ0n) is 18.3. The molecule has 31 heavy (non-hydrogen) atoms. The summed E-state index contributed by atoms with van der Waals surface area (Å²) in [5.41, 5.74) is 2.42. The van der Waals surface area contributed by atoms with Gasteiger partial charge in [0.2, 0.25) is 0 Å². The Morgan fingerprint density at radius 2 is 1.26 bits per heavy atom. The fourth-order valence-corrected chi connectivity index (χ4v) is 6.65. The van der Waals surface area contributed by atoms with Gasteiger partial charge in [-0.05, 0) is 49.3 Å². The van der Waals surface area contributed by atoms with Crippen LogP contribution in [0.4, 0.5) is 0 Å². The molecule has 2 nitrogen and oxygen atoms in total. The van der Waals surface area contributed by atoms with Gasteiger partial charge in [-0.25, -0.2) is 0 Å². The third-order valence-corrected chi connectivity index (χ3v) is 7.90. The van der Waals surface area contributed by atoms with Gasteiger partial charge in [-0.3, -0.25) is 0 Å². The summed E-state index contributed by atoms with van der Waals surface area (Å²) in [5.74, 6) is 0.853. The highest BCUT2D eigenvalue weighted by Gasteiger charge is 2.87. The zero-order chi connectivity index (χ0) is 22.1. The molecule has 0 aliphatic heterocycles. The molecule has 2 atom stereocenters. The molecule has 162 valence electrons.